The van der Waals surface area contributed by atoms with Crippen LogP contribution >= 0.6 is 27.7 Å². The van der Waals surface area contributed by atoms with Gasteiger partial charge in [0.05, 0.1) is 4.47 Å². The third-order valence-electron chi connectivity index (χ3n) is 3.88. The summed E-state index contributed by atoms with van der Waals surface area (Å²) in [5, 5.41) is 0. The molecule has 3 rings (SSSR count). The number of fused-ring (bicyclic) bond motifs is 1. The van der Waals surface area contributed by atoms with E-state index in [0.717, 1.165) is 17.7 Å². The summed E-state index contributed by atoms with van der Waals surface area (Å²) in [6.07, 6.45) is 0.773. The van der Waals surface area contributed by atoms with Crippen LogP contribution in [0.25, 0.3) is 0 Å². The van der Waals surface area contributed by atoms with Crippen molar-refractivity contribution in [2.24, 2.45) is 5.84 Å². The van der Waals surface area contributed by atoms with E-state index in [2.05, 4.69) is 45.6 Å². The monoisotopic (exact) mass is 366 g/mol. The molecular weight excluding hydrogens is 351 g/mol. The molecule has 0 aromatic heterocycles. The number of hydrogen-bond donors (Lipinski definition) is 2. The molecule has 0 bridgehead atoms. The Morgan fingerprint density at radius 3 is 2.90 bits per heavy atom. The smallest absolute Gasteiger partial charge is 0.137 e. The summed E-state index contributed by atoms with van der Waals surface area (Å²) in [6.45, 7) is 0. The van der Waals surface area contributed by atoms with Crippen LogP contribution < -0.4 is 11.3 Å². The van der Waals surface area contributed by atoms with Crippen LogP contribution in [0, 0.1) is 5.82 Å². The first-order chi connectivity index (χ1) is 10.2. The second-order valence-corrected chi connectivity index (χ2v) is 7.10. The van der Waals surface area contributed by atoms with Crippen LogP contribution in [-0.2, 0) is 6.42 Å². The maximum absolute atomic E-state index is 13.3. The van der Waals surface area contributed by atoms with Crippen molar-refractivity contribution in [1.82, 2.24) is 5.43 Å². The zero-order valence-corrected chi connectivity index (χ0v) is 13.8. The summed E-state index contributed by atoms with van der Waals surface area (Å²) in [4.78, 5) is 1.34. The van der Waals surface area contributed by atoms with Crippen molar-refractivity contribution in [3.05, 3.63) is 63.9 Å². The molecule has 2 aromatic carbocycles. The van der Waals surface area contributed by atoms with Crippen LogP contribution in [0.4, 0.5) is 4.39 Å². The molecule has 1 aliphatic rings. The Balaban J connectivity index is 1.81. The number of hydrazine groups is 1. The normalized spacial score (nSPS) is 18.5. The first-order valence-electron chi connectivity index (χ1n) is 6.81. The highest BCUT2D eigenvalue weighted by Crippen LogP contribution is 2.41. The number of thioether (sulfide) groups is 1. The van der Waals surface area contributed by atoms with Gasteiger partial charge in [-0.1, -0.05) is 24.3 Å². The van der Waals surface area contributed by atoms with E-state index in [4.69, 9.17) is 5.84 Å². The molecule has 2 unspecified atom stereocenters. The number of rotatable bonds is 4. The maximum Gasteiger partial charge on any atom is 0.137 e. The lowest BCUT2D eigenvalue weighted by Gasteiger charge is -2.23. The van der Waals surface area contributed by atoms with Gasteiger partial charge in [0.25, 0.3) is 0 Å². The van der Waals surface area contributed by atoms with Crippen LogP contribution in [0.3, 0.4) is 0 Å². The predicted molar refractivity (Wildman–Crippen MR) is 88.8 cm³/mol. The number of benzene rings is 2. The van der Waals surface area contributed by atoms with Gasteiger partial charge in [-0.15, -0.1) is 11.8 Å². The zero-order valence-electron chi connectivity index (χ0n) is 11.4. The van der Waals surface area contributed by atoms with Crippen LogP contribution in [0.1, 0.15) is 17.0 Å². The minimum atomic E-state index is -0.238. The molecule has 0 fully saturated rings. The van der Waals surface area contributed by atoms with Crippen molar-refractivity contribution in [3.63, 3.8) is 0 Å². The predicted octanol–water partition coefficient (Wildman–Crippen LogP) is 3.85. The number of halogens is 2. The van der Waals surface area contributed by atoms with Gasteiger partial charge in [0.15, 0.2) is 0 Å². The average molecular weight is 367 g/mol. The van der Waals surface area contributed by atoms with E-state index in [0.29, 0.717) is 10.4 Å². The number of nitrogens with two attached hydrogens (primary N) is 1. The highest BCUT2D eigenvalue weighted by Gasteiger charge is 2.29. The summed E-state index contributed by atoms with van der Waals surface area (Å²) in [6, 6.07) is 13.7. The van der Waals surface area contributed by atoms with E-state index in [9.17, 15) is 4.39 Å². The fourth-order valence-electron chi connectivity index (χ4n) is 2.76. The lowest BCUT2D eigenvalue weighted by Crippen LogP contribution is -2.41. The topological polar surface area (TPSA) is 38.0 Å². The van der Waals surface area contributed by atoms with Gasteiger partial charge >= 0.3 is 0 Å². The SMILES string of the molecule is NNC(Cc1ccc(F)c(Br)c1)C1CSc2ccccc21. The van der Waals surface area contributed by atoms with Crippen molar-refractivity contribution >= 4 is 27.7 Å². The van der Waals surface area contributed by atoms with Gasteiger partial charge in [-0.05, 0) is 51.7 Å². The molecule has 5 heteroatoms. The van der Waals surface area contributed by atoms with E-state index in [1.807, 2.05) is 23.9 Å². The summed E-state index contributed by atoms with van der Waals surface area (Å²) in [5.74, 6) is 6.94. The lowest BCUT2D eigenvalue weighted by molar-refractivity contribution is 0.462. The second-order valence-electron chi connectivity index (χ2n) is 5.18. The summed E-state index contributed by atoms with van der Waals surface area (Å²) in [7, 11) is 0. The first kappa shape index (κ1) is 15.0. The molecule has 21 heavy (non-hydrogen) atoms. The molecule has 0 saturated heterocycles. The highest BCUT2D eigenvalue weighted by atomic mass is 79.9. The standard InChI is InChI=1S/C16H16BrFN2S/c17-13-7-10(5-6-14(13)18)8-15(20-19)12-9-21-16-4-2-1-3-11(12)16/h1-7,12,15,20H,8-9,19H2. The highest BCUT2D eigenvalue weighted by molar-refractivity contribution is 9.10. The molecule has 0 aliphatic carbocycles. The Hall–Kier alpha value is -0.880. The van der Waals surface area contributed by atoms with Crippen LogP contribution in [0.2, 0.25) is 0 Å². The Labute approximate surface area is 136 Å². The molecule has 0 radical (unpaired) electrons. The van der Waals surface area contributed by atoms with Crippen molar-refractivity contribution in [1.29, 1.82) is 0 Å². The number of hydrogen-bond acceptors (Lipinski definition) is 3. The van der Waals surface area contributed by atoms with E-state index >= 15 is 0 Å². The summed E-state index contributed by atoms with van der Waals surface area (Å²) in [5.41, 5.74) is 5.37. The van der Waals surface area contributed by atoms with E-state index in [1.165, 1.54) is 16.5 Å². The Morgan fingerprint density at radius 2 is 2.14 bits per heavy atom. The molecule has 2 nitrogen and oxygen atoms in total. The zero-order chi connectivity index (χ0) is 14.8. The molecule has 1 aliphatic heterocycles. The average Bonchev–Trinajstić information content (AvgIpc) is 2.92. The molecule has 0 spiro atoms. The van der Waals surface area contributed by atoms with Gasteiger partial charge in [-0.25, -0.2) is 4.39 Å². The van der Waals surface area contributed by atoms with E-state index < -0.39 is 0 Å². The summed E-state index contributed by atoms with van der Waals surface area (Å²) < 4.78 is 13.8. The third kappa shape index (κ3) is 3.16. The molecule has 3 N–H and O–H groups in total. The van der Waals surface area contributed by atoms with Gasteiger partial charge in [0, 0.05) is 22.6 Å². The minimum absolute atomic E-state index is 0.138. The van der Waals surface area contributed by atoms with E-state index in [-0.39, 0.29) is 11.9 Å². The van der Waals surface area contributed by atoms with Crippen LogP contribution in [0.5, 0.6) is 0 Å². The molecule has 110 valence electrons. The maximum atomic E-state index is 13.3. The second kappa shape index (κ2) is 6.48. The first-order valence-corrected chi connectivity index (χ1v) is 8.58. The fourth-order valence-corrected chi connectivity index (χ4v) is 4.52. The van der Waals surface area contributed by atoms with Gasteiger partial charge in [-0.2, -0.15) is 0 Å². The van der Waals surface area contributed by atoms with Gasteiger partial charge < -0.3 is 0 Å². The minimum Gasteiger partial charge on any atom is -0.271 e. The van der Waals surface area contributed by atoms with Crippen LogP contribution in [-0.4, -0.2) is 11.8 Å². The molecule has 1 heterocycles. The molecule has 0 amide bonds. The number of nitrogens with one attached hydrogen (secondary N) is 1. The van der Waals surface area contributed by atoms with Gasteiger partial charge in [0.2, 0.25) is 0 Å². The molecular formula is C16H16BrFN2S. The quantitative estimate of drug-likeness (QED) is 0.637. The van der Waals surface area contributed by atoms with Crippen molar-refractivity contribution < 1.29 is 4.39 Å². The van der Waals surface area contributed by atoms with Crippen molar-refractivity contribution in [3.8, 4) is 0 Å². The Bertz CT molecular complexity index is 650. The Morgan fingerprint density at radius 1 is 1.33 bits per heavy atom. The van der Waals surface area contributed by atoms with E-state index in [1.54, 1.807) is 0 Å². The summed E-state index contributed by atoms with van der Waals surface area (Å²) >= 11 is 5.11. The van der Waals surface area contributed by atoms with Gasteiger partial charge in [-0.3, -0.25) is 11.3 Å². The molecule has 2 atom stereocenters. The Kier molecular flexibility index (Phi) is 4.64. The molecule has 2 aromatic rings. The van der Waals surface area contributed by atoms with Crippen molar-refractivity contribution in [2.75, 3.05) is 5.75 Å². The van der Waals surface area contributed by atoms with Crippen LogP contribution in [0.15, 0.2) is 51.8 Å². The largest absolute Gasteiger partial charge is 0.271 e. The molecule has 0 saturated carbocycles. The third-order valence-corrected chi connectivity index (χ3v) is 5.69. The van der Waals surface area contributed by atoms with Gasteiger partial charge in [0.1, 0.15) is 5.82 Å². The lowest BCUT2D eigenvalue weighted by atomic mass is 9.89. The fraction of sp³-hybridized carbons (Fsp3) is 0.250. The van der Waals surface area contributed by atoms with Crippen molar-refractivity contribution in [2.45, 2.75) is 23.3 Å².